The number of piperidine rings is 1. The van der Waals surface area contributed by atoms with Crippen LogP contribution in [-0.2, 0) is 0 Å². The minimum Gasteiger partial charge on any atom is -0.508 e. The van der Waals surface area contributed by atoms with E-state index in [9.17, 15) is 0 Å². The number of hydrogen-bond donors (Lipinski definition) is 3. The van der Waals surface area contributed by atoms with Crippen molar-refractivity contribution in [2.24, 2.45) is 0 Å². The second-order valence-electron chi connectivity index (χ2n) is 6.30. The highest BCUT2D eigenvalue weighted by atomic mass is 16.5. The monoisotopic (exact) mass is 328 g/mol. The minimum atomic E-state index is 0.134. The molecule has 5 heteroatoms. The summed E-state index contributed by atoms with van der Waals surface area (Å²) >= 11 is 0. The largest absolute Gasteiger partial charge is 0.508 e. The molecule has 0 saturated carbocycles. The van der Waals surface area contributed by atoms with Gasteiger partial charge in [-0.25, -0.2) is 0 Å². The number of rotatable bonds is 0. The molecule has 24 heavy (non-hydrogen) atoms. The van der Waals surface area contributed by atoms with Gasteiger partial charge < -0.3 is 25.6 Å². The number of anilines is 2. The Balaban J connectivity index is 0.000000162. The van der Waals surface area contributed by atoms with Crippen molar-refractivity contribution in [2.45, 2.75) is 32.2 Å². The molecule has 0 radical (unpaired) electrons. The Hall–Kier alpha value is -2.56. The van der Waals surface area contributed by atoms with E-state index >= 15 is 0 Å². The standard InChI is InChI=1S/C12H16N2O.C7H8O2/c13-9-4-5-11-12(7-9)15-8-10-3-1-2-6-14(10)11;1-5-6(8)3-2-4-7(5)9/h4-5,7,10H,1-3,6,8,13H2;2-4,8-9H,1H3. The lowest BCUT2D eigenvalue weighted by atomic mass is 10.00. The van der Waals surface area contributed by atoms with Crippen molar-refractivity contribution in [3.8, 4) is 17.2 Å². The number of benzene rings is 2. The number of phenolic OH excluding ortho intramolecular Hbond substituents is 2. The molecule has 5 nitrogen and oxygen atoms in total. The first-order chi connectivity index (χ1) is 11.6. The highest BCUT2D eigenvalue weighted by Crippen LogP contribution is 2.38. The van der Waals surface area contributed by atoms with Crippen LogP contribution >= 0.6 is 0 Å². The quantitative estimate of drug-likeness (QED) is 0.646. The van der Waals surface area contributed by atoms with Gasteiger partial charge in [-0.15, -0.1) is 0 Å². The molecule has 1 unspecified atom stereocenters. The van der Waals surface area contributed by atoms with E-state index in [0.717, 1.165) is 24.6 Å². The van der Waals surface area contributed by atoms with Gasteiger partial charge in [-0.2, -0.15) is 0 Å². The number of hydrogen-bond acceptors (Lipinski definition) is 5. The highest BCUT2D eigenvalue weighted by molar-refractivity contribution is 5.65. The van der Waals surface area contributed by atoms with Crippen molar-refractivity contribution >= 4 is 11.4 Å². The molecule has 0 aromatic heterocycles. The first-order valence-corrected chi connectivity index (χ1v) is 8.33. The van der Waals surface area contributed by atoms with Crippen LogP contribution in [-0.4, -0.2) is 29.4 Å². The SMILES string of the molecule is Cc1c(O)cccc1O.Nc1ccc2c(c1)OCC1CCCCN21. The summed E-state index contributed by atoms with van der Waals surface area (Å²) in [5, 5.41) is 17.9. The number of phenols is 2. The molecule has 2 aliphatic heterocycles. The van der Waals surface area contributed by atoms with E-state index < -0.39 is 0 Å². The zero-order valence-electron chi connectivity index (χ0n) is 13.9. The number of nitrogens with zero attached hydrogens (tertiary/aromatic N) is 1. The molecule has 0 bridgehead atoms. The predicted molar refractivity (Wildman–Crippen MR) is 95.8 cm³/mol. The number of fused-ring (bicyclic) bond motifs is 3. The molecule has 1 fully saturated rings. The first kappa shape index (κ1) is 16.3. The second kappa shape index (κ2) is 6.91. The van der Waals surface area contributed by atoms with Crippen molar-refractivity contribution in [2.75, 3.05) is 23.8 Å². The summed E-state index contributed by atoms with van der Waals surface area (Å²) in [6, 6.07) is 11.2. The number of ether oxygens (including phenoxy) is 1. The fourth-order valence-electron chi connectivity index (χ4n) is 3.17. The molecule has 2 aromatic rings. The summed E-state index contributed by atoms with van der Waals surface area (Å²) < 4.78 is 5.75. The van der Waals surface area contributed by atoms with E-state index in [1.165, 1.54) is 37.1 Å². The average Bonchev–Trinajstić information content (AvgIpc) is 2.60. The van der Waals surface area contributed by atoms with Gasteiger partial charge in [0.05, 0.1) is 11.7 Å². The van der Waals surface area contributed by atoms with Gasteiger partial charge in [0.2, 0.25) is 0 Å². The second-order valence-corrected chi connectivity index (χ2v) is 6.30. The maximum absolute atomic E-state index is 8.94. The van der Waals surface area contributed by atoms with E-state index in [0.29, 0.717) is 11.6 Å². The van der Waals surface area contributed by atoms with Crippen LogP contribution in [0.5, 0.6) is 17.2 Å². The molecular formula is C19H24N2O3. The molecule has 0 amide bonds. The Kier molecular flexibility index (Phi) is 4.69. The van der Waals surface area contributed by atoms with Crippen LogP contribution in [0.3, 0.4) is 0 Å². The molecule has 1 saturated heterocycles. The molecule has 4 rings (SSSR count). The van der Waals surface area contributed by atoms with Gasteiger partial charge >= 0.3 is 0 Å². The number of aromatic hydroxyl groups is 2. The minimum absolute atomic E-state index is 0.134. The lowest BCUT2D eigenvalue weighted by molar-refractivity contribution is 0.240. The van der Waals surface area contributed by atoms with Gasteiger partial charge in [-0.05, 0) is 50.5 Å². The van der Waals surface area contributed by atoms with Crippen LogP contribution in [0.15, 0.2) is 36.4 Å². The van der Waals surface area contributed by atoms with Crippen LogP contribution in [0.4, 0.5) is 11.4 Å². The molecule has 128 valence electrons. The van der Waals surface area contributed by atoms with E-state index in [1.807, 2.05) is 12.1 Å². The van der Waals surface area contributed by atoms with Crippen molar-refractivity contribution in [1.29, 1.82) is 0 Å². The maximum Gasteiger partial charge on any atom is 0.144 e. The summed E-state index contributed by atoms with van der Waals surface area (Å²) in [6.07, 6.45) is 3.87. The summed E-state index contributed by atoms with van der Waals surface area (Å²) in [4.78, 5) is 2.47. The van der Waals surface area contributed by atoms with E-state index in [1.54, 1.807) is 13.0 Å². The molecule has 4 N–H and O–H groups in total. The fourth-order valence-corrected chi connectivity index (χ4v) is 3.17. The number of nitrogens with two attached hydrogens (primary N) is 1. The molecule has 2 heterocycles. The fraction of sp³-hybridized carbons (Fsp3) is 0.368. The van der Waals surface area contributed by atoms with Gasteiger partial charge in [0.15, 0.2) is 0 Å². The molecule has 2 aromatic carbocycles. The topological polar surface area (TPSA) is 79.0 Å². The van der Waals surface area contributed by atoms with E-state index in [4.69, 9.17) is 20.7 Å². The molecular weight excluding hydrogens is 304 g/mol. The molecule has 0 spiro atoms. The Labute approximate surface area is 142 Å². The third kappa shape index (κ3) is 3.35. The van der Waals surface area contributed by atoms with E-state index in [2.05, 4.69) is 11.0 Å². The molecule has 0 aliphatic carbocycles. The highest BCUT2D eigenvalue weighted by Gasteiger charge is 2.29. The zero-order chi connectivity index (χ0) is 17.1. The van der Waals surface area contributed by atoms with Crippen LogP contribution in [0.1, 0.15) is 24.8 Å². The van der Waals surface area contributed by atoms with Crippen molar-refractivity contribution in [3.63, 3.8) is 0 Å². The molecule has 1 atom stereocenters. The summed E-state index contributed by atoms with van der Waals surface area (Å²) in [5.74, 6) is 1.22. The Morgan fingerprint density at radius 1 is 1.12 bits per heavy atom. The maximum atomic E-state index is 8.94. The van der Waals surface area contributed by atoms with Crippen molar-refractivity contribution in [1.82, 2.24) is 0 Å². The van der Waals surface area contributed by atoms with Gasteiger partial charge in [0.1, 0.15) is 23.9 Å². The zero-order valence-corrected chi connectivity index (χ0v) is 13.9. The predicted octanol–water partition coefficient (Wildman–Crippen LogP) is 3.43. The van der Waals surface area contributed by atoms with Crippen LogP contribution in [0, 0.1) is 6.92 Å². The smallest absolute Gasteiger partial charge is 0.144 e. The van der Waals surface area contributed by atoms with Crippen molar-refractivity contribution < 1.29 is 14.9 Å². The summed E-state index contributed by atoms with van der Waals surface area (Å²) in [7, 11) is 0. The van der Waals surface area contributed by atoms with Gasteiger partial charge in [0, 0.05) is 23.9 Å². The third-order valence-corrected chi connectivity index (χ3v) is 4.63. The molecule has 2 aliphatic rings. The van der Waals surface area contributed by atoms with Crippen LogP contribution < -0.4 is 15.4 Å². The Morgan fingerprint density at radius 2 is 1.88 bits per heavy atom. The third-order valence-electron chi connectivity index (χ3n) is 4.63. The van der Waals surface area contributed by atoms with Gasteiger partial charge in [-0.1, -0.05) is 6.07 Å². The lowest BCUT2D eigenvalue weighted by Crippen LogP contribution is -2.46. The lowest BCUT2D eigenvalue weighted by Gasteiger charge is -2.41. The van der Waals surface area contributed by atoms with Crippen molar-refractivity contribution in [3.05, 3.63) is 42.0 Å². The van der Waals surface area contributed by atoms with Gasteiger partial charge in [-0.3, -0.25) is 0 Å². The normalized spacial score (nSPS) is 18.5. The Morgan fingerprint density at radius 3 is 2.58 bits per heavy atom. The summed E-state index contributed by atoms with van der Waals surface area (Å²) in [5.41, 5.74) is 8.28. The first-order valence-electron chi connectivity index (χ1n) is 8.33. The Bertz CT molecular complexity index is 698. The van der Waals surface area contributed by atoms with Gasteiger partial charge in [0.25, 0.3) is 0 Å². The van der Waals surface area contributed by atoms with Crippen LogP contribution in [0.2, 0.25) is 0 Å². The average molecular weight is 328 g/mol. The van der Waals surface area contributed by atoms with E-state index in [-0.39, 0.29) is 11.5 Å². The summed E-state index contributed by atoms with van der Waals surface area (Å²) in [6.45, 7) is 3.63. The van der Waals surface area contributed by atoms with Crippen LogP contribution in [0.25, 0.3) is 0 Å². The number of nitrogen functional groups attached to an aromatic ring is 1.